The molecule has 0 heterocycles. The van der Waals surface area contributed by atoms with Crippen molar-refractivity contribution in [2.75, 3.05) is 20.2 Å². The Bertz CT molecular complexity index is 470. The van der Waals surface area contributed by atoms with Crippen LogP contribution in [0.2, 0.25) is 0 Å². The van der Waals surface area contributed by atoms with Gasteiger partial charge in [-0.3, -0.25) is 10.1 Å². The average Bonchev–Trinajstić information content (AvgIpc) is 2.48. The van der Waals surface area contributed by atoms with Gasteiger partial charge < -0.3 is 9.64 Å². The van der Waals surface area contributed by atoms with Crippen molar-refractivity contribution >= 4 is 5.69 Å². The van der Waals surface area contributed by atoms with Crippen molar-refractivity contribution in [2.45, 2.75) is 38.6 Å². The second kappa shape index (κ2) is 7.41. The molecule has 5 nitrogen and oxygen atoms in total. The van der Waals surface area contributed by atoms with Crippen molar-refractivity contribution in [3.63, 3.8) is 0 Å². The van der Waals surface area contributed by atoms with E-state index in [9.17, 15) is 10.1 Å². The SMILES string of the molecule is CC1CCC(N(C)CCOc2ccccc2[N+](=O)[O-])CC1. The van der Waals surface area contributed by atoms with Crippen LogP contribution in [0.4, 0.5) is 5.69 Å². The number of nitro benzene ring substituents is 1. The van der Waals surface area contributed by atoms with Crippen molar-refractivity contribution in [1.29, 1.82) is 0 Å². The van der Waals surface area contributed by atoms with E-state index >= 15 is 0 Å². The Morgan fingerprint density at radius 1 is 1.29 bits per heavy atom. The Morgan fingerprint density at radius 2 is 1.95 bits per heavy atom. The molecule has 0 amide bonds. The largest absolute Gasteiger partial charge is 0.485 e. The van der Waals surface area contributed by atoms with Crippen LogP contribution in [0.15, 0.2) is 24.3 Å². The lowest BCUT2D eigenvalue weighted by Gasteiger charge is -2.33. The molecule has 0 atom stereocenters. The van der Waals surface area contributed by atoms with E-state index in [0.717, 1.165) is 12.5 Å². The van der Waals surface area contributed by atoms with Gasteiger partial charge in [-0.1, -0.05) is 19.1 Å². The normalized spacial score (nSPS) is 22.2. The van der Waals surface area contributed by atoms with E-state index in [-0.39, 0.29) is 5.69 Å². The number of nitro groups is 1. The predicted molar refractivity (Wildman–Crippen MR) is 82.6 cm³/mol. The lowest BCUT2D eigenvalue weighted by molar-refractivity contribution is -0.385. The molecule has 1 aromatic carbocycles. The summed E-state index contributed by atoms with van der Waals surface area (Å²) in [6.07, 6.45) is 5.06. The van der Waals surface area contributed by atoms with Crippen LogP contribution in [0, 0.1) is 16.0 Å². The van der Waals surface area contributed by atoms with Crippen molar-refractivity contribution in [3.8, 4) is 5.75 Å². The highest BCUT2D eigenvalue weighted by Gasteiger charge is 2.21. The molecule has 0 N–H and O–H groups in total. The molecule has 2 rings (SSSR count). The Morgan fingerprint density at radius 3 is 2.62 bits per heavy atom. The van der Waals surface area contributed by atoms with Gasteiger partial charge in [-0.25, -0.2) is 0 Å². The Balaban J connectivity index is 1.80. The lowest BCUT2D eigenvalue weighted by atomic mass is 9.87. The fraction of sp³-hybridized carbons (Fsp3) is 0.625. The molecule has 0 aliphatic heterocycles. The summed E-state index contributed by atoms with van der Waals surface area (Å²) < 4.78 is 5.60. The first-order valence-corrected chi connectivity index (χ1v) is 7.64. The van der Waals surface area contributed by atoms with E-state index in [1.54, 1.807) is 18.2 Å². The van der Waals surface area contributed by atoms with Gasteiger partial charge in [-0.2, -0.15) is 0 Å². The monoisotopic (exact) mass is 292 g/mol. The third-order valence-corrected chi connectivity index (χ3v) is 4.37. The Hall–Kier alpha value is -1.62. The van der Waals surface area contributed by atoms with Gasteiger partial charge in [-0.05, 0) is 44.7 Å². The average molecular weight is 292 g/mol. The van der Waals surface area contributed by atoms with Gasteiger partial charge in [-0.15, -0.1) is 0 Å². The summed E-state index contributed by atoms with van der Waals surface area (Å²) in [7, 11) is 2.11. The molecule has 21 heavy (non-hydrogen) atoms. The molecule has 1 aromatic rings. The fourth-order valence-corrected chi connectivity index (χ4v) is 2.90. The molecule has 0 radical (unpaired) electrons. The molecule has 116 valence electrons. The molecule has 1 aliphatic rings. The zero-order valence-corrected chi connectivity index (χ0v) is 12.8. The maximum Gasteiger partial charge on any atom is 0.310 e. The number of nitrogens with zero attached hydrogens (tertiary/aromatic N) is 2. The molecule has 0 aromatic heterocycles. The van der Waals surface area contributed by atoms with Gasteiger partial charge in [0.2, 0.25) is 0 Å². The number of ether oxygens (including phenoxy) is 1. The Kier molecular flexibility index (Phi) is 5.56. The van der Waals surface area contributed by atoms with Crippen LogP contribution in [0.1, 0.15) is 32.6 Å². The van der Waals surface area contributed by atoms with E-state index in [1.807, 2.05) is 0 Å². The molecule has 0 bridgehead atoms. The smallest absolute Gasteiger partial charge is 0.310 e. The highest BCUT2D eigenvalue weighted by Crippen LogP contribution is 2.27. The highest BCUT2D eigenvalue weighted by atomic mass is 16.6. The number of para-hydroxylation sites is 2. The first kappa shape index (κ1) is 15.8. The van der Waals surface area contributed by atoms with Crippen molar-refractivity contribution in [2.24, 2.45) is 5.92 Å². The molecular formula is C16H24N2O3. The number of rotatable bonds is 6. The molecular weight excluding hydrogens is 268 g/mol. The van der Waals surface area contributed by atoms with Crippen molar-refractivity contribution in [1.82, 2.24) is 4.90 Å². The zero-order valence-electron chi connectivity index (χ0n) is 12.8. The standard InChI is InChI=1S/C16H24N2O3/c1-13-7-9-14(10-8-13)17(2)11-12-21-16-6-4-3-5-15(16)18(19)20/h3-6,13-14H,7-12H2,1-2H3. The van der Waals surface area contributed by atoms with Gasteiger partial charge in [0.1, 0.15) is 6.61 Å². The van der Waals surface area contributed by atoms with E-state index in [0.29, 0.717) is 18.4 Å². The predicted octanol–water partition coefficient (Wildman–Crippen LogP) is 3.48. The zero-order chi connectivity index (χ0) is 15.2. The van der Waals surface area contributed by atoms with E-state index in [2.05, 4.69) is 18.9 Å². The van der Waals surface area contributed by atoms with E-state index in [4.69, 9.17) is 4.74 Å². The van der Waals surface area contributed by atoms with Crippen LogP contribution < -0.4 is 4.74 Å². The minimum atomic E-state index is -0.401. The lowest BCUT2D eigenvalue weighted by Crippen LogP contribution is -2.37. The summed E-state index contributed by atoms with van der Waals surface area (Å²) in [5.41, 5.74) is 0.0339. The molecule has 5 heteroatoms. The molecule has 1 aliphatic carbocycles. The number of benzene rings is 1. The van der Waals surface area contributed by atoms with Gasteiger partial charge in [0.15, 0.2) is 5.75 Å². The van der Waals surface area contributed by atoms with Crippen LogP contribution in [0.3, 0.4) is 0 Å². The molecule has 0 unspecified atom stereocenters. The van der Waals surface area contributed by atoms with Crippen LogP contribution in [-0.4, -0.2) is 36.1 Å². The maximum absolute atomic E-state index is 10.9. The quantitative estimate of drug-likeness (QED) is 0.595. The van der Waals surface area contributed by atoms with E-state index < -0.39 is 4.92 Å². The highest BCUT2D eigenvalue weighted by molar-refractivity contribution is 5.45. The summed E-state index contributed by atoms with van der Waals surface area (Å²) >= 11 is 0. The number of likely N-dealkylation sites (N-methyl/N-ethyl adjacent to an activating group) is 1. The minimum absolute atomic E-state index is 0.0339. The summed E-state index contributed by atoms with van der Waals surface area (Å²) in [6.45, 7) is 3.59. The van der Waals surface area contributed by atoms with Gasteiger partial charge in [0, 0.05) is 18.7 Å². The second-order valence-corrected chi connectivity index (χ2v) is 5.97. The fourth-order valence-electron chi connectivity index (χ4n) is 2.90. The van der Waals surface area contributed by atoms with Gasteiger partial charge >= 0.3 is 5.69 Å². The van der Waals surface area contributed by atoms with Crippen molar-refractivity contribution < 1.29 is 9.66 Å². The van der Waals surface area contributed by atoms with Crippen LogP contribution in [0.5, 0.6) is 5.75 Å². The minimum Gasteiger partial charge on any atom is -0.485 e. The van der Waals surface area contributed by atoms with Crippen LogP contribution >= 0.6 is 0 Å². The third kappa shape index (κ3) is 4.43. The van der Waals surface area contributed by atoms with Gasteiger partial charge in [0.05, 0.1) is 4.92 Å². The van der Waals surface area contributed by atoms with Crippen LogP contribution in [0.25, 0.3) is 0 Å². The molecule has 0 spiro atoms. The maximum atomic E-state index is 10.9. The summed E-state index contributed by atoms with van der Waals surface area (Å²) in [4.78, 5) is 12.8. The summed E-state index contributed by atoms with van der Waals surface area (Å²) in [6, 6.07) is 7.16. The van der Waals surface area contributed by atoms with E-state index in [1.165, 1.54) is 31.7 Å². The number of hydrogen-bond donors (Lipinski definition) is 0. The summed E-state index contributed by atoms with van der Waals surface area (Å²) in [5, 5.41) is 10.9. The van der Waals surface area contributed by atoms with Gasteiger partial charge in [0.25, 0.3) is 0 Å². The Labute approximate surface area is 126 Å². The third-order valence-electron chi connectivity index (χ3n) is 4.37. The molecule has 1 saturated carbocycles. The van der Waals surface area contributed by atoms with Crippen molar-refractivity contribution in [3.05, 3.63) is 34.4 Å². The summed E-state index contributed by atoms with van der Waals surface area (Å²) in [5.74, 6) is 1.20. The first-order chi connectivity index (χ1) is 10.1. The topological polar surface area (TPSA) is 55.6 Å². The molecule has 0 saturated heterocycles. The first-order valence-electron chi connectivity index (χ1n) is 7.64. The van der Waals surface area contributed by atoms with Crippen LogP contribution in [-0.2, 0) is 0 Å². The molecule has 1 fully saturated rings. The number of hydrogen-bond acceptors (Lipinski definition) is 4. The second-order valence-electron chi connectivity index (χ2n) is 5.97.